The molecule has 0 bridgehead atoms. The van der Waals surface area contributed by atoms with Crippen molar-refractivity contribution >= 4 is 52.0 Å². The van der Waals surface area contributed by atoms with Crippen molar-refractivity contribution in [3.8, 4) is 6.07 Å². The molecule has 1 aromatic carbocycles. The topological polar surface area (TPSA) is 65.2 Å². The summed E-state index contributed by atoms with van der Waals surface area (Å²) in [6.45, 7) is 5.11. The summed E-state index contributed by atoms with van der Waals surface area (Å²) in [5.74, 6) is -0.372. The van der Waals surface area contributed by atoms with Gasteiger partial charge in [-0.25, -0.2) is 0 Å². The molecule has 0 aliphatic heterocycles. The number of carbonyl (C=O) groups excluding carboxylic acids is 1. The number of nitrogens with zero attached hydrogens (tertiary/aromatic N) is 2. The van der Waals surface area contributed by atoms with Gasteiger partial charge >= 0.3 is 0 Å². The van der Waals surface area contributed by atoms with Gasteiger partial charge < -0.3 is 0 Å². The smallest absolute Gasteiger partial charge is 0.204 e. The van der Waals surface area contributed by atoms with Gasteiger partial charge in [-0.15, -0.1) is 0 Å². The molecule has 7 heteroatoms. The normalized spacial score (nSPS) is 11.9. The molecule has 0 heterocycles. The van der Waals surface area contributed by atoms with E-state index in [1.807, 2.05) is 0 Å². The molecule has 4 nitrogen and oxygen atoms in total. The maximum atomic E-state index is 11.9. The van der Waals surface area contributed by atoms with Crippen LogP contribution in [0, 0.1) is 16.7 Å². The van der Waals surface area contributed by atoms with E-state index in [1.165, 1.54) is 12.1 Å². The third-order valence-corrected chi connectivity index (χ3v) is 3.34. The Bertz CT molecular complexity index is 613. The van der Waals surface area contributed by atoms with Crippen LogP contribution >= 0.6 is 34.8 Å². The molecule has 0 spiro atoms. The van der Waals surface area contributed by atoms with Gasteiger partial charge in [-0.05, 0) is 12.1 Å². The van der Waals surface area contributed by atoms with Gasteiger partial charge in [0.05, 0.1) is 20.8 Å². The number of hydrogen-bond acceptors (Lipinski definition) is 4. The van der Waals surface area contributed by atoms with Crippen molar-refractivity contribution in [2.45, 2.75) is 20.8 Å². The second-order valence-electron chi connectivity index (χ2n) is 5.01. The summed E-state index contributed by atoms with van der Waals surface area (Å²) in [6.07, 6.45) is 0. The fraction of sp³-hybridized carbons (Fsp3) is 0.308. The molecule has 0 aromatic heterocycles. The summed E-state index contributed by atoms with van der Waals surface area (Å²) < 4.78 is 0. The Morgan fingerprint density at radius 2 is 1.75 bits per heavy atom. The number of nitrogens with one attached hydrogen (secondary N) is 1. The zero-order valence-electron chi connectivity index (χ0n) is 11.1. The molecule has 0 aliphatic carbocycles. The van der Waals surface area contributed by atoms with Crippen molar-refractivity contribution in [2.24, 2.45) is 10.5 Å². The lowest BCUT2D eigenvalue weighted by atomic mass is 9.88. The zero-order chi connectivity index (χ0) is 15.5. The van der Waals surface area contributed by atoms with Crippen LogP contribution in [0.5, 0.6) is 0 Å². The molecule has 0 atom stereocenters. The highest BCUT2D eigenvalue weighted by molar-refractivity contribution is 6.47. The molecule has 1 rings (SSSR count). The van der Waals surface area contributed by atoms with Crippen molar-refractivity contribution in [3.63, 3.8) is 0 Å². The van der Waals surface area contributed by atoms with E-state index in [4.69, 9.17) is 40.1 Å². The molecular weight excluding hydrogens is 321 g/mol. The molecule has 1 N–H and O–H groups in total. The van der Waals surface area contributed by atoms with Crippen LogP contribution in [0.15, 0.2) is 17.2 Å². The monoisotopic (exact) mass is 331 g/mol. The zero-order valence-corrected chi connectivity index (χ0v) is 13.4. The maximum absolute atomic E-state index is 11.9. The van der Waals surface area contributed by atoms with Gasteiger partial charge in [0.2, 0.25) is 5.71 Å². The molecule has 1 aromatic rings. The first-order valence-electron chi connectivity index (χ1n) is 5.60. The van der Waals surface area contributed by atoms with Crippen molar-refractivity contribution in [3.05, 3.63) is 27.2 Å². The summed E-state index contributed by atoms with van der Waals surface area (Å²) >= 11 is 17.6. The van der Waals surface area contributed by atoms with E-state index >= 15 is 0 Å². The predicted octanol–water partition coefficient (Wildman–Crippen LogP) is 4.55. The van der Waals surface area contributed by atoms with Crippen LogP contribution in [0.4, 0.5) is 5.69 Å². The number of hydrogen-bond donors (Lipinski definition) is 1. The standard InChI is InChI=1S/C13H12Cl3N3O/c1-13(2,3)12(20)11(6-17)19-18-10-5-8(15)7(14)4-9(10)16/h4-5,18H,1-3H3/b19-11+. The van der Waals surface area contributed by atoms with Crippen LogP contribution in [0.3, 0.4) is 0 Å². The number of Topliss-reactive ketones (excluding diaryl/α,β-unsaturated/α-hetero) is 1. The van der Waals surface area contributed by atoms with Crippen LogP contribution in [0.25, 0.3) is 0 Å². The molecule has 106 valence electrons. The molecule has 0 saturated heterocycles. The first-order chi connectivity index (χ1) is 9.16. The van der Waals surface area contributed by atoms with Gasteiger partial charge in [-0.1, -0.05) is 55.6 Å². The van der Waals surface area contributed by atoms with Gasteiger partial charge in [0, 0.05) is 5.41 Å². The van der Waals surface area contributed by atoms with Crippen LogP contribution < -0.4 is 5.43 Å². The number of ketones is 1. The Morgan fingerprint density at radius 3 is 2.25 bits per heavy atom. The average Bonchev–Trinajstić information content (AvgIpc) is 2.34. The highest BCUT2D eigenvalue weighted by Crippen LogP contribution is 2.32. The maximum Gasteiger partial charge on any atom is 0.204 e. The second kappa shape index (κ2) is 6.45. The van der Waals surface area contributed by atoms with Crippen LogP contribution in [-0.2, 0) is 4.79 Å². The van der Waals surface area contributed by atoms with E-state index in [1.54, 1.807) is 26.8 Å². The third kappa shape index (κ3) is 4.11. The summed E-state index contributed by atoms with van der Waals surface area (Å²) in [5.41, 5.74) is 1.98. The summed E-state index contributed by atoms with van der Waals surface area (Å²) in [4.78, 5) is 11.9. The lowest BCUT2D eigenvalue weighted by molar-refractivity contribution is -0.119. The van der Waals surface area contributed by atoms with E-state index in [9.17, 15) is 4.79 Å². The fourth-order valence-corrected chi connectivity index (χ4v) is 1.80. The summed E-state index contributed by atoms with van der Waals surface area (Å²) in [7, 11) is 0. The molecular formula is C13H12Cl3N3O. The van der Waals surface area contributed by atoms with Gasteiger partial charge in [-0.3, -0.25) is 10.2 Å². The molecule has 0 amide bonds. The Labute approximate surface area is 132 Å². The molecule has 20 heavy (non-hydrogen) atoms. The van der Waals surface area contributed by atoms with E-state index in [0.717, 1.165) is 0 Å². The number of carbonyl (C=O) groups is 1. The first kappa shape index (κ1) is 16.8. The average molecular weight is 333 g/mol. The number of halogens is 3. The van der Waals surface area contributed by atoms with Crippen LogP contribution in [0.1, 0.15) is 20.8 Å². The number of rotatable bonds is 3. The molecule has 0 saturated carbocycles. The first-order valence-corrected chi connectivity index (χ1v) is 6.73. The fourth-order valence-electron chi connectivity index (χ4n) is 1.21. The summed E-state index contributed by atoms with van der Waals surface area (Å²) in [6, 6.07) is 4.67. The lowest BCUT2D eigenvalue weighted by Gasteiger charge is -2.14. The SMILES string of the molecule is CC(C)(C)C(=O)/C(C#N)=N/Nc1cc(Cl)c(Cl)cc1Cl. The Morgan fingerprint density at radius 1 is 1.20 bits per heavy atom. The van der Waals surface area contributed by atoms with Crippen molar-refractivity contribution in [2.75, 3.05) is 5.43 Å². The van der Waals surface area contributed by atoms with Gasteiger partial charge in [0.25, 0.3) is 0 Å². The third-order valence-electron chi connectivity index (χ3n) is 2.30. The predicted molar refractivity (Wildman–Crippen MR) is 82.6 cm³/mol. The van der Waals surface area contributed by atoms with Crippen molar-refractivity contribution < 1.29 is 4.79 Å². The molecule has 0 unspecified atom stereocenters. The largest absolute Gasteiger partial charge is 0.291 e. The highest BCUT2D eigenvalue weighted by Gasteiger charge is 2.26. The number of anilines is 1. The van der Waals surface area contributed by atoms with E-state index in [0.29, 0.717) is 10.7 Å². The number of hydrazone groups is 1. The minimum atomic E-state index is -0.697. The Kier molecular flexibility index (Phi) is 5.41. The molecule has 0 fully saturated rings. The number of benzene rings is 1. The van der Waals surface area contributed by atoms with E-state index in [-0.39, 0.29) is 21.5 Å². The van der Waals surface area contributed by atoms with E-state index in [2.05, 4.69) is 10.5 Å². The summed E-state index contributed by atoms with van der Waals surface area (Å²) in [5, 5.41) is 13.6. The lowest BCUT2D eigenvalue weighted by Crippen LogP contribution is -2.28. The van der Waals surface area contributed by atoms with Crippen LogP contribution in [-0.4, -0.2) is 11.5 Å². The van der Waals surface area contributed by atoms with Gasteiger partial charge in [0.1, 0.15) is 6.07 Å². The molecule has 0 aliphatic rings. The minimum Gasteiger partial charge on any atom is -0.291 e. The molecule has 0 radical (unpaired) electrons. The van der Waals surface area contributed by atoms with Crippen molar-refractivity contribution in [1.82, 2.24) is 0 Å². The number of nitriles is 1. The van der Waals surface area contributed by atoms with Gasteiger partial charge in [0.15, 0.2) is 5.78 Å². The Hall–Kier alpha value is -1.28. The van der Waals surface area contributed by atoms with Crippen LogP contribution in [0.2, 0.25) is 15.1 Å². The van der Waals surface area contributed by atoms with Gasteiger partial charge in [-0.2, -0.15) is 10.4 Å². The quantitative estimate of drug-likeness (QED) is 0.501. The minimum absolute atomic E-state index is 0.236. The van der Waals surface area contributed by atoms with E-state index < -0.39 is 5.41 Å². The van der Waals surface area contributed by atoms with Crippen molar-refractivity contribution in [1.29, 1.82) is 5.26 Å². The Balaban J connectivity index is 3.05. The highest BCUT2D eigenvalue weighted by atomic mass is 35.5. The second-order valence-corrected chi connectivity index (χ2v) is 6.23.